The zero-order valence-corrected chi connectivity index (χ0v) is 26.2. The Morgan fingerprint density at radius 2 is 1.43 bits per heavy atom. The first kappa shape index (κ1) is 35.8. The lowest BCUT2D eigenvalue weighted by Crippen LogP contribution is -2.60. The molecule has 2 aliphatic carbocycles. The molecule has 254 valence electrons. The maximum atomic E-state index is 10.5. The van der Waals surface area contributed by atoms with Gasteiger partial charge in [0.2, 0.25) is 0 Å². The minimum atomic E-state index is -1.48. The van der Waals surface area contributed by atoms with E-state index in [9.17, 15) is 40.9 Å². The van der Waals surface area contributed by atoms with Crippen LogP contribution in [0.25, 0.3) is 0 Å². The van der Waals surface area contributed by atoms with Crippen molar-refractivity contribution in [3.8, 4) is 0 Å². The fraction of sp³-hybridized carbons (Fsp3) is 0.875. The summed E-state index contributed by atoms with van der Waals surface area (Å²) in [6.07, 6.45) is -4.51. The molecule has 2 saturated heterocycles. The molecule has 2 saturated carbocycles. The standard InChI is InChI=1S/C32H54O12/c1-17(10-13-41-29-27(39)25(37)23(35)20(14-33)43-29)6-8-19-18(2)7-9-22-31(3,11-5-12-32(19,22)4)16-42-30-28(40)26(38)24(36)21(15-34)44-30/h10,19-30,33-40H,2,5-9,11-16H2,1,3-4H3/b17-10+/t19-,20+,21+,22+,23+,24+,25-,26-,27+,28+,29+,30+,31-,32-/m1/s1. The normalized spacial score (nSPS) is 47.0. The van der Waals surface area contributed by atoms with E-state index in [0.717, 1.165) is 50.5 Å². The number of rotatable bonds is 11. The van der Waals surface area contributed by atoms with Crippen molar-refractivity contribution in [2.24, 2.45) is 22.7 Å². The van der Waals surface area contributed by atoms with Crippen molar-refractivity contribution >= 4 is 0 Å². The first-order valence-corrected chi connectivity index (χ1v) is 15.9. The lowest BCUT2D eigenvalue weighted by atomic mass is 9.47. The number of aliphatic hydroxyl groups is 8. The van der Waals surface area contributed by atoms with Crippen LogP contribution >= 0.6 is 0 Å². The van der Waals surface area contributed by atoms with Crippen molar-refractivity contribution in [1.82, 2.24) is 0 Å². The predicted molar refractivity (Wildman–Crippen MR) is 158 cm³/mol. The smallest absolute Gasteiger partial charge is 0.187 e. The summed E-state index contributed by atoms with van der Waals surface area (Å²) in [5.41, 5.74) is 2.11. The molecule has 14 atom stereocenters. The van der Waals surface area contributed by atoms with Gasteiger partial charge in [-0.15, -0.1) is 0 Å². The Labute approximate surface area is 259 Å². The first-order chi connectivity index (χ1) is 20.8. The van der Waals surface area contributed by atoms with Crippen LogP contribution < -0.4 is 0 Å². The van der Waals surface area contributed by atoms with Crippen molar-refractivity contribution in [1.29, 1.82) is 0 Å². The summed E-state index contributed by atoms with van der Waals surface area (Å²) in [6, 6.07) is 0. The topological polar surface area (TPSA) is 199 Å². The van der Waals surface area contributed by atoms with Gasteiger partial charge in [-0.3, -0.25) is 0 Å². The molecule has 8 N–H and O–H groups in total. The van der Waals surface area contributed by atoms with Gasteiger partial charge < -0.3 is 59.8 Å². The zero-order valence-electron chi connectivity index (χ0n) is 26.2. The molecule has 4 rings (SSSR count). The van der Waals surface area contributed by atoms with Crippen LogP contribution in [0.3, 0.4) is 0 Å². The Morgan fingerprint density at radius 1 is 0.864 bits per heavy atom. The van der Waals surface area contributed by atoms with Crippen LogP contribution in [-0.4, -0.2) is 129 Å². The Kier molecular flexibility index (Phi) is 12.1. The summed E-state index contributed by atoms with van der Waals surface area (Å²) < 4.78 is 22.8. The Hall–Kier alpha value is -1.00. The summed E-state index contributed by atoms with van der Waals surface area (Å²) in [5.74, 6) is 0.603. The van der Waals surface area contributed by atoms with Gasteiger partial charge in [0.25, 0.3) is 0 Å². The molecule has 2 aliphatic heterocycles. The van der Waals surface area contributed by atoms with E-state index in [1.54, 1.807) is 0 Å². The Morgan fingerprint density at radius 3 is 2.00 bits per heavy atom. The second kappa shape index (κ2) is 14.8. The van der Waals surface area contributed by atoms with E-state index in [0.29, 0.717) is 12.5 Å². The van der Waals surface area contributed by atoms with Gasteiger partial charge in [-0.05, 0) is 68.1 Å². The molecule has 12 heteroatoms. The Bertz CT molecular complexity index is 988. The zero-order chi connectivity index (χ0) is 32.4. The molecular formula is C32H54O12. The van der Waals surface area contributed by atoms with Gasteiger partial charge in [0, 0.05) is 0 Å². The molecule has 0 aromatic heterocycles. The summed E-state index contributed by atoms with van der Waals surface area (Å²) >= 11 is 0. The van der Waals surface area contributed by atoms with E-state index in [4.69, 9.17) is 18.9 Å². The molecule has 12 nitrogen and oxygen atoms in total. The van der Waals surface area contributed by atoms with Gasteiger partial charge >= 0.3 is 0 Å². The van der Waals surface area contributed by atoms with Crippen LogP contribution in [0.15, 0.2) is 23.8 Å². The first-order valence-electron chi connectivity index (χ1n) is 15.9. The molecular weight excluding hydrogens is 576 g/mol. The summed E-state index contributed by atoms with van der Waals surface area (Å²) in [6.45, 7) is 10.5. The van der Waals surface area contributed by atoms with E-state index >= 15 is 0 Å². The number of hydrogen-bond donors (Lipinski definition) is 8. The third-order valence-corrected chi connectivity index (χ3v) is 10.9. The van der Waals surface area contributed by atoms with Crippen LogP contribution in [-0.2, 0) is 18.9 Å². The number of ether oxygens (including phenoxy) is 4. The third-order valence-electron chi connectivity index (χ3n) is 10.9. The van der Waals surface area contributed by atoms with Crippen LogP contribution in [0.5, 0.6) is 0 Å². The summed E-state index contributed by atoms with van der Waals surface area (Å²) in [7, 11) is 0. The molecule has 0 aromatic carbocycles. The average Bonchev–Trinajstić information content (AvgIpc) is 2.99. The Balaban J connectivity index is 1.36. The average molecular weight is 631 g/mol. The molecule has 0 unspecified atom stereocenters. The van der Waals surface area contributed by atoms with Gasteiger partial charge in [0.15, 0.2) is 12.6 Å². The van der Waals surface area contributed by atoms with Crippen LogP contribution in [0.2, 0.25) is 0 Å². The number of fused-ring (bicyclic) bond motifs is 1. The maximum absolute atomic E-state index is 10.5. The van der Waals surface area contributed by atoms with E-state index in [2.05, 4.69) is 20.4 Å². The summed E-state index contributed by atoms with van der Waals surface area (Å²) in [5, 5.41) is 79.9. The largest absolute Gasteiger partial charge is 0.394 e. The minimum absolute atomic E-state index is 0.0197. The fourth-order valence-corrected chi connectivity index (χ4v) is 8.23. The highest BCUT2D eigenvalue weighted by molar-refractivity contribution is 5.17. The lowest BCUT2D eigenvalue weighted by molar-refractivity contribution is -0.309. The molecule has 0 radical (unpaired) electrons. The molecule has 0 bridgehead atoms. The highest BCUT2D eigenvalue weighted by Gasteiger charge is 2.55. The SMILES string of the molecule is C=C1CC[C@H]2[C@@](C)(CO[C@H]3O[C@@H](CO)[C@H](O)[C@@H](O)[C@@H]3O)CCC[C@]2(C)[C@@H]1CC/C(C)=C/CO[C@H]1O[C@@H](CO)[C@H](O)[C@@H](O)[C@@H]1O. The van der Waals surface area contributed by atoms with Gasteiger partial charge in [-0.2, -0.15) is 0 Å². The van der Waals surface area contributed by atoms with Gasteiger partial charge in [-0.25, -0.2) is 0 Å². The highest BCUT2D eigenvalue weighted by Crippen LogP contribution is 2.62. The van der Waals surface area contributed by atoms with Gasteiger partial charge in [0.1, 0.15) is 48.8 Å². The molecule has 0 amide bonds. The second-order valence-corrected chi connectivity index (χ2v) is 13.9. The van der Waals surface area contributed by atoms with Crippen LogP contribution in [0.4, 0.5) is 0 Å². The molecule has 44 heavy (non-hydrogen) atoms. The van der Waals surface area contributed by atoms with Crippen LogP contribution in [0, 0.1) is 22.7 Å². The van der Waals surface area contributed by atoms with Crippen molar-refractivity contribution < 1.29 is 59.8 Å². The molecule has 4 aliphatic rings. The van der Waals surface area contributed by atoms with Crippen molar-refractivity contribution in [3.63, 3.8) is 0 Å². The highest BCUT2D eigenvalue weighted by atomic mass is 16.7. The molecule has 2 heterocycles. The van der Waals surface area contributed by atoms with E-state index in [1.807, 2.05) is 13.0 Å². The third kappa shape index (κ3) is 7.27. The molecule has 0 spiro atoms. The molecule has 0 aromatic rings. The number of aliphatic hydroxyl groups excluding tert-OH is 8. The van der Waals surface area contributed by atoms with Crippen LogP contribution in [0.1, 0.15) is 65.7 Å². The van der Waals surface area contributed by atoms with Crippen molar-refractivity contribution in [2.45, 2.75) is 127 Å². The monoisotopic (exact) mass is 630 g/mol. The summed E-state index contributed by atoms with van der Waals surface area (Å²) in [4.78, 5) is 0. The second-order valence-electron chi connectivity index (χ2n) is 13.9. The van der Waals surface area contributed by atoms with E-state index in [-0.39, 0.29) is 23.4 Å². The lowest BCUT2D eigenvalue weighted by Gasteiger charge is -2.59. The maximum Gasteiger partial charge on any atom is 0.187 e. The minimum Gasteiger partial charge on any atom is -0.394 e. The quantitative estimate of drug-likeness (QED) is 0.144. The predicted octanol–water partition coefficient (Wildman–Crippen LogP) is 0.125. The van der Waals surface area contributed by atoms with E-state index < -0.39 is 74.6 Å². The van der Waals surface area contributed by atoms with Crippen molar-refractivity contribution in [2.75, 3.05) is 26.4 Å². The number of allylic oxidation sites excluding steroid dienone is 2. The van der Waals surface area contributed by atoms with E-state index in [1.165, 1.54) is 5.57 Å². The van der Waals surface area contributed by atoms with Gasteiger partial charge in [-0.1, -0.05) is 44.1 Å². The van der Waals surface area contributed by atoms with Crippen molar-refractivity contribution in [3.05, 3.63) is 23.8 Å². The van der Waals surface area contributed by atoms with Gasteiger partial charge in [0.05, 0.1) is 26.4 Å². The molecule has 4 fully saturated rings. The number of hydrogen-bond acceptors (Lipinski definition) is 12. The fourth-order valence-electron chi connectivity index (χ4n) is 8.23.